The minimum atomic E-state index is -3.80. The Hall–Kier alpha value is -3.10. The highest BCUT2D eigenvalue weighted by Gasteiger charge is 2.34. The lowest BCUT2D eigenvalue weighted by molar-refractivity contribution is -0.120. The summed E-state index contributed by atoms with van der Waals surface area (Å²) in [6, 6.07) is 15.4. The quantitative estimate of drug-likeness (QED) is 0.617. The first-order chi connectivity index (χ1) is 14.9. The first-order valence-corrected chi connectivity index (χ1v) is 11.6. The van der Waals surface area contributed by atoms with Crippen LogP contribution in [-0.2, 0) is 14.8 Å². The number of aromatic nitrogens is 1. The van der Waals surface area contributed by atoms with Crippen LogP contribution in [0.25, 0.3) is 10.9 Å². The van der Waals surface area contributed by atoms with Crippen molar-refractivity contribution in [2.24, 2.45) is 5.92 Å². The van der Waals surface area contributed by atoms with E-state index in [0.29, 0.717) is 36.2 Å². The zero-order chi connectivity index (χ0) is 22.0. The van der Waals surface area contributed by atoms with Gasteiger partial charge in [0, 0.05) is 35.9 Å². The number of sulfonamides is 1. The Bertz CT molecular complexity index is 1250. The fourth-order valence-corrected chi connectivity index (χ4v) is 5.55. The summed E-state index contributed by atoms with van der Waals surface area (Å²) in [6.45, 7) is 1.92. The number of benzene rings is 2. The minimum Gasteiger partial charge on any atom is -0.326 e. The van der Waals surface area contributed by atoms with E-state index in [2.05, 4.69) is 10.3 Å². The molecule has 2 heterocycles. The van der Waals surface area contributed by atoms with E-state index in [9.17, 15) is 18.0 Å². The molecule has 0 bridgehead atoms. The number of hydrogen-bond acceptors (Lipinski definition) is 5. The molecule has 1 N–H and O–H groups in total. The molecule has 0 radical (unpaired) electrons. The summed E-state index contributed by atoms with van der Waals surface area (Å²) < 4.78 is 28.1. The topological polar surface area (TPSA) is 96.4 Å². The molecule has 1 saturated heterocycles. The smallest absolute Gasteiger partial charge is 0.245 e. The van der Waals surface area contributed by atoms with Crippen LogP contribution in [0.5, 0.6) is 0 Å². The molecule has 31 heavy (non-hydrogen) atoms. The number of piperidine rings is 1. The highest BCUT2D eigenvalue weighted by Crippen LogP contribution is 2.28. The fraction of sp³-hybridized carbons (Fsp3) is 0.261. The third-order valence-corrected chi connectivity index (χ3v) is 7.40. The molecule has 1 aliphatic rings. The van der Waals surface area contributed by atoms with Gasteiger partial charge in [0.2, 0.25) is 15.9 Å². The molecule has 1 aliphatic heterocycles. The van der Waals surface area contributed by atoms with Gasteiger partial charge in [0.15, 0.2) is 5.78 Å². The summed E-state index contributed by atoms with van der Waals surface area (Å²) >= 11 is 0. The number of hydrogen-bond donors (Lipinski definition) is 1. The molecule has 0 spiro atoms. The number of pyridine rings is 1. The van der Waals surface area contributed by atoms with Gasteiger partial charge in [-0.1, -0.05) is 30.3 Å². The van der Waals surface area contributed by atoms with Gasteiger partial charge in [0.1, 0.15) is 4.90 Å². The van der Waals surface area contributed by atoms with Gasteiger partial charge in [0.05, 0.1) is 11.4 Å². The van der Waals surface area contributed by atoms with E-state index in [0.717, 1.165) is 5.39 Å². The Balaban J connectivity index is 1.54. The van der Waals surface area contributed by atoms with Crippen molar-refractivity contribution in [3.05, 3.63) is 66.4 Å². The van der Waals surface area contributed by atoms with Gasteiger partial charge < -0.3 is 5.32 Å². The third kappa shape index (κ3) is 4.35. The van der Waals surface area contributed by atoms with Gasteiger partial charge in [-0.3, -0.25) is 14.6 Å². The van der Waals surface area contributed by atoms with Crippen LogP contribution in [0, 0.1) is 5.92 Å². The lowest BCUT2D eigenvalue weighted by Crippen LogP contribution is -2.43. The van der Waals surface area contributed by atoms with Crippen molar-refractivity contribution in [1.82, 2.24) is 9.29 Å². The summed E-state index contributed by atoms with van der Waals surface area (Å²) in [7, 11) is -3.80. The van der Waals surface area contributed by atoms with E-state index in [4.69, 9.17) is 0 Å². The second kappa shape index (κ2) is 8.56. The van der Waals surface area contributed by atoms with Crippen molar-refractivity contribution < 1.29 is 18.0 Å². The zero-order valence-electron chi connectivity index (χ0n) is 17.1. The number of nitrogens with zero attached hydrogens (tertiary/aromatic N) is 2. The number of fused-ring (bicyclic) bond motifs is 1. The number of anilines is 1. The number of rotatable bonds is 5. The number of ketones is 1. The summed E-state index contributed by atoms with van der Waals surface area (Å²) in [6.07, 6.45) is 2.75. The first kappa shape index (κ1) is 21.1. The molecular weight excluding hydrogens is 414 g/mol. The average molecular weight is 438 g/mol. The van der Waals surface area contributed by atoms with Gasteiger partial charge in [0.25, 0.3) is 0 Å². The van der Waals surface area contributed by atoms with Crippen LogP contribution in [0.15, 0.2) is 65.7 Å². The molecule has 160 valence electrons. The van der Waals surface area contributed by atoms with Crippen molar-refractivity contribution in [1.29, 1.82) is 0 Å². The van der Waals surface area contributed by atoms with Crippen molar-refractivity contribution >= 4 is 38.3 Å². The van der Waals surface area contributed by atoms with Crippen molar-refractivity contribution in [3.63, 3.8) is 0 Å². The summed E-state index contributed by atoms with van der Waals surface area (Å²) in [5.41, 5.74) is 1.46. The number of para-hydroxylation sites is 1. The molecule has 1 amide bonds. The van der Waals surface area contributed by atoms with Crippen LogP contribution in [0.1, 0.15) is 30.1 Å². The van der Waals surface area contributed by atoms with E-state index < -0.39 is 15.9 Å². The molecule has 8 heteroatoms. The molecule has 1 atom stereocenters. The van der Waals surface area contributed by atoms with Crippen LogP contribution >= 0.6 is 0 Å². The average Bonchev–Trinajstić information content (AvgIpc) is 2.79. The molecule has 7 nitrogen and oxygen atoms in total. The second-order valence-electron chi connectivity index (χ2n) is 7.66. The van der Waals surface area contributed by atoms with Crippen LogP contribution in [0.4, 0.5) is 5.69 Å². The SMILES string of the molecule is CC(=O)c1cccc(NC(=O)[C@@H]2CCCN(S(=O)(=O)c3cccc4cccnc34)C2)c1. The van der Waals surface area contributed by atoms with Gasteiger partial charge in [-0.05, 0) is 44.0 Å². The minimum absolute atomic E-state index is 0.0882. The Kier molecular flexibility index (Phi) is 5.84. The fourth-order valence-electron chi connectivity index (χ4n) is 3.86. The number of carbonyl (C=O) groups is 2. The molecule has 0 unspecified atom stereocenters. The predicted molar refractivity (Wildman–Crippen MR) is 118 cm³/mol. The Morgan fingerprint density at radius 2 is 1.87 bits per heavy atom. The van der Waals surface area contributed by atoms with Crippen LogP contribution in [-0.4, -0.2) is 42.5 Å². The molecule has 4 rings (SSSR count). The van der Waals surface area contributed by atoms with Crippen LogP contribution in [0.2, 0.25) is 0 Å². The summed E-state index contributed by atoms with van der Waals surface area (Å²) in [4.78, 5) is 28.8. The van der Waals surface area contributed by atoms with E-state index in [1.165, 1.54) is 11.2 Å². The van der Waals surface area contributed by atoms with E-state index in [-0.39, 0.29) is 23.1 Å². The Morgan fingerprint density at radius 3 is 2.68 bits per heavy atom. The molecule has 0 aliphatic carbocycles. The van der Waals surface area contributed by atoms with E-state index in [1.807, 2.05) is 12.1 Å². The normalized spacial score (nSPS) is 17.4. The maximum Gasteiger partial charge on any atom is 0.245 e. The molecule has 0 saturated carbocycles. The highest BCUT2D eigenvalue weighted by atomic mass is 32.2. The summed E-state index contributed by atoms with van der Waals surface area (Å²) in [5, 5.41) is 3.57. The Morgan fingerprint density at radius 1 is 1.10 bits per heavy atom. The lowest BCUT2D eigenvalue weighted by atomic mass is 9.98. The predicted octanol–water partition coefficient (Wildman–Crippen LogP) is 3.48. The number of nitrogens with one attached hydrogen (secondary N) is 1. The van der Waals surface area contributed by atoms with Gasteiger partial charge in [-0.15, -0.1) is 0 Å². The standard InChI is InChI=1S/C23H23N3O4S/c1-16(27)18-7-2-10-20(14-18)25-23(28)19-9-5-13-26(15-19)31(29,30)21-11-3-6-17-8-4-12-24-22(17)21/h2-4,6-8,10-12,14,19H,5,9,13,15H2,1H3,(H,25,28)/t19-/m1/s1. The lowest BCUT2D eigenvalue weighted by Gasteiger charge is -2.31. The van der Waals surface area contributed by atoms with Gasteiger partial charge in [-0.25, -0.2) is 8.42 Å². The van der Waals surface area contributed by atoms with Crippen LogP contribution in [0.3, 0.4) is 0 Å². The largest absolute Gasteiger partial charge is 0.326 e. The maximum absolute atomic E-state index is 13.4. The first-order valence-electron chi connectivity index (χ1n) is 10.1. The molecule has 1 fully saturated rings. The highest BCUT2D eigenvalue weighted by molar-refractivity contribution is 7.89. The molecule has 2 aromatic carbocycles. The number of amides is 1. The van der Waals surface area contributed by atoms with Crippen molar-refractivity contribution in [2.75, 3.05) is 18.4 Å². The van der Waals surface area contributed by atoms with Crippen LogP contribution < -0.4 is 5.32 Å². The van der Waals surface area contributed by atoms with Gasteiger partial charge in [-0.2, -0.15) is 4.31 Å². The molecule has 3 aromatic rings. The zero-order valence-corrected chi connectivity index (χ0v) is 17.9. The Labute approximate surface area is 181 Å². The molecular formula is C23H23N3O4S. The van der Waals surface area contributed by atoms with E-state index >= 15 is 0 Å². The van der Waals surface area contributed by atoms with Gasteiger partial charge >= 0.3 is 0 Å². The maximum atomic E-state index is 13.4. The van der Waals surface area contributed by atoms with E-state index in [1.54, 1.807) is 48.7 Å². The monoisotopic (exact) mass is 437 g/mol. The van der Waals surface area contributed by atoms with Crippen molar-refractivity contribution in [3.8, 4) is 0 Å². The molecule has 1 aromatic heterocycles. The number of Topliss-reactive ketones (excluding diaryl/α,β-unsaturated/α-hetero) is 1. The number of carbonyl (C=O) groups excluding carboxylic acids is 2. The van der Waals surface area contributed by atoms with Crippen molar-refractivity contribution in [2.45, 2.75) is 24.7 Å². The second-order valence-corrected chi connectivity index (χ2v) is 9.57. The summed E-state index contributed by atoms with van der Waals surface area (Å²) in [5.74, 6) is -0.821. The third-order valence-electron chi connectivity index (χ3n) is 5.51.